The van der Waals surface area contributed by atoms with E-state index in [2.05, 4.69) is 28.2 Å². The molecule has 4 heteroatoms. The van der Waals surface area contributed by atoms with E-state index in [0.29, 0.717) is 18.4 Å². The molecule has 3 atom stereocenters. The SMILES string of the molecule is CCC1OCCC1C(Cc1ccc(Br)cc1F)NC. The van der Waals surface area contributed by atoms with E-state index in [0.717, 1.165) is 29.5 Å². The lowest BCUT2D eigenvalue weighted by Crippen LogP contribution is -2.39. The van der Waals surface area contributed by atoms with E-state index in [-0.39, 0.29) is 11.9 Å². The minimum Gasteiger partial charge on any atom is -0.378 e. The van der Waals surface area contributed by atoms with Gasteiger partial charge >= 0.3 is 0 Å². The van der Waals surface area contributed by atoms with Crippen LogP contribution in [-0.4, -0.2) is 25.8 Å². The van der Waals surface area contributed by atoms with Crippen LogP contribution in [0.5, 0.6) is 0 Å². The lowest BCUT2D eigenvalue weighted by Gasteiger charge is -2.27. The molecule has 1 heterocycles. The van der Waals surface area contributed by atoms with Crippen LogP contribution in [0.15, 0.2) is 22.7 Å². The zero-order valence-electron chi connectivity index (χ0n) is 11.5. The second-order valence-corrected chi connectivity index (χ2v) is 6.02. The molecule has 1 aromatic rings. The summed E-state index contributed by atoms with van der Waals surface area (Å²) in [5.41, 5.74) is 0.768. The summed E-state index contributed by atoms with van der Waals surface area (Å²) in [6.07, 6.45) is 3.09. The van der Waals surface area contributed by atoms with Crippen LogP contribution in [0, 0.1) is 11.7 Å². The number of hydrogen-bond acceptors (Lipinski definition) is 2. The lowest BCUT2D eigenvalue weighted by molar-refractivity contribution is 0.0782. The fourth-order valence-electron chi connectivity index (χ4n) is 2.94. The summed E-state index contributed by atoms with van der Waals surface area (Å²) in [6, 6.07) is 5.56. The molecular weight excluding hydrogens is 309 g/mol. The van der Waals surface area contributed by atoms with Gasteiger partial charge in [-0.15, -0.1) is 0 Å². The largest absolute Gasteiger partial charge is 0.378 e. The number of likely N-dealkylation sites (N-methyl/N-ethyl adjacent to an activating group) is 1. The number of nitrogens with one attached hydrogen (secondary N) is 1. The van der Waals surface area contributed by atoms with Gasteiger partial charge in [0.1, 0.15) is 5.82 Å². The van der Waals surface area contributed by atoms with Crippen molar-refractivity contribution in [2.24, 2.45) is 5.92 Å². The van der Waals surface area contributed by atoms with Gasteiger partial charge in [-0.25, -0.2) is 4.39 Å². The summed E-state index contributed by atoms with van der Waals surface area (Å²) in [6.45, 7) is 2.97. The molecule has 0 bridgehead atoms. The molecule has 0 aliphatic carbocycles. The number of halogens is 2. The molecule has 0 amide bonds. The maximum atomic E-state index is 13.9. The molecule has 1 saturated heterocycles. The topological polar surface area (TPSA) is 21.3 Å². The van der Waals surface area contributed by atoms with E-state index in [4.69, 9.17) is 4.74 Å². The molecule has 0 saturated carbocycles. The van der Waals surface area contributed by atoms with Crippen molar-refractivity contribution in [2.45, 2.75) is 38.3 Å². The smallest absolute Gasteiger partial charge is 0.127 e. The molecular formula is C15H21BrFNO. The third-order valence-electron chi connectivity index (χ3n) is 4.01. The molecule has 2 nitrogen and oxygen atoms in total. The van der Waals surface area contributed by atoms with Gasteiger partial charge in [0.2, 0.25) is 0 Å². The average Bonchev–Trinajstić information content (AvgIpc) is 2.86. The monoisotopic (exact) mass is 329 g/mol. The molecule has 106 valence electrons. The molecule has 2 rings (SSSR count). The first-order valence-electron chi connectivity index (χ1n) is 6.88. The Labute approximate surface area is 122 Å². The van der Waals surface area contributed by atoms with E-state index in [9.17, 15) is 4.39 Å². The van der Waals surface area contributed by atoms with E-state index in [1.54, 1.807) is 0 Å². The summed E-state index contributed by atoms with van der Waals surface area (Å²) in [7, 11) is 1.95. The highest BCUT2D eigenvalue weighted by atomic mass is 79.9. The fourth-order valence-corrected chi connectivity index (χ4v) is 3.27. The van der Waals surface area contributed by atoms with Crippen LogP contribution in [0.1, 0.15) is 25.3 Å². The zero-order chi connectivity index (χ0) is 13.8. The van der Waals surface area contributed by atoms with Gasteiger partial charge in [0.05, 0.1) is 6.10 Å². The molecule has 3 unspecified atom stereocenters. The maximum absolute atomic E-state index is 13.9. The van der Waals surface area contributed by atoms with Gasteiger partial charge in [0.25, 0.3) is 0 Å². The summed E-state index contributed by atoms with van der Waals surface area (Å²) in [4.78, 5) is 0. The quantitative estimate of drug-likeness (QED) is 0.892. The summed E-state index contributed by atoms with van der Waals surface area (Å²) in [5.74, 6) is 0.333. The van der Waals surface area contributed by atoms with Crippen molar-refractivity contribution in [2.75, 3.05) is 13.7 Å². The first kappa shape index (κ1) is 14.9. The summed E-state index contributed by atoms with van der Waals surface area (Å²) >= 11 is 3.29. The average molecular weight is 330 g/mol. The molecule has 1 fully saturated rings. The van der Waals surface area contributed by atoms with Gasteiger partial charge in [0.15, 0.2) is 0 Å². The number of benzene rings is 1. The van der Waals surface area contributed by atoms with Gasteiger partial charge in [-0.3, -0.25) is 0 Å². The van der Waals surface area contributed by atoms with E-state index < -0.39 is 0 Å². The van der Waals surface area contributed by atoms with Gasteiger partial charge in [-0.05, 0) is 44.0 Å². The second-order valence-electron chi connectivity index (χ2n) is 5.11. The zero-order valence-corrected chi connectivity index (χ0v) is 13.0. The van der Waals surface area contributed by atoms with Crippen molar-refractivity contribution in [3.8, 4) is 0 Å². The van der Waals surface area contributed by atoms with Crippen LogP contribution < -0.4 is 5.32 Å². The molecule has 0 radical (unpaired) electrons. The Balaban J connectivity index is 2.10. The van der Waals surface area contributed by atoms with Crippen molar-refractivity contribution in [3.63, 3.8) is 0 Å². The Bertz CT molecular complexity index is 427. The Morgan fingerprint density at radius 1 is 1.53 bits per heavy atom. The molecule has 1 N–H and O–H groups in total. The Kier molecular flexibility index (Phi) is 5.37. The van der Waals surface area contributed by atoms with Crippen molar-refractivity contribution >= 4 is 15.9 Å². The van der Waals surface area contributed by atoms with Crippen molar-refractivity contribution in [1.82, 2.24) is 5.32 Å². The maximum Gasteiger partial charge on any atom is 0.127 e. The normalized spacial score (nSPS) is 24.6. The molecule has 1 aliphatic rings. The minimum absolute atomic E-state index is 0.137. The molecule has 0 aromatic heterocycles. The highest BCUT2D eigenvalue weighted by Gasteiger charge is 2.33. The lowest BCUT2D eigenvalue weighted by atomic mass is 9.87. The molecule has 1 aliphatic heterocycles. The van der Waals surface area contributed by atoms with E-state index >= 15 is 0 Å². The third kappa shape index (κ3) is 3.56. The molecule has 19 heavy (non-hydrogen) atoms. The molecule has 0 spiro atoms. The van der Waals surface area contributed by atoms with Gasteiger partial charge in [-0.2, -0.15) is 0 Å². The fraction of sp³-hybridized carbons (Fsp3) is 0.600. The van der Waals surface area contributed by atoms with Crippen LogP contribution in [0.4, 0.5) is 4.39 Å². The summed E-state index contributed by atoms with van der Waals surface area (Å²) < 4.78 is 20.5. The predicted molar refractivity (Wildman–Crippen MR) is 78.8 cm³/mol. The van der Waals surface area contributed by atoms with Crippen LogP contribution in [0.3, 0.4) is 0 Å². The van der Waals surface area contributed by atoms with Crippen molar-refractivity contribution in [3.05, 3.63) is 34.1 Å². The highest BCUT2D eigenvalue weighted by molar-refractivity contribution is 9.10. The minimum atomic E-state index is -0.137. The van der Waals surface area contributed by atoms with Crippen LogP contribution >= 0.6 is 15.9 Å². The first-order chi connectivity index (χ1) is 9.15. The third-order valence-corrected chi connectivity index (χ3v) is 4.50. The van der Waals surface area contributed by atoms with Crippen molar-refractivity contribution < 1.29 is 9.13 Å². The number of hydrogen-bond donors (Lipinski definition) is 1. The number of ether oxygens (including phenoxy) is 1. The molecule has 1 aromatic carbocycles. The summed E-state index contributed by atoms with van der Waals surface area (Å²) in [5, 5.41) is 3.34. The first-order valence-corrected chi connectivity index (χ1v) is 7.67. The van der Waals surface area contributed by atoms with E-state index in [1.165, 1.54) is 6.07 Å². The van der Waals surface area contributed by atoms with Gasteiger partial charge < -0.3 is 10.1 Å². The Morgan fingerprint density at radius 3 is 2.95 bits per heavy atom. The number of rotatable bonds is 5. The van der Waals surface area contributed by atoms with Crippen LogP contribution in [-0.2, 0) is 11.2 Å². The van der Waals surface area contributed by atoms with E-state index in [1.807, 2.05) is 19.2 Å². The highest BCUT2D eigenvalue weighted by Crippen LogP contribution is 2.29. The van der Waals surface area contributed by atoms with Crippen molar-refractivity contribution in [1.29, 1.82) is 0 Å². The van der Waals surface area contributed by atoms with Gasteiger partial charge in [0, 0.05) is 23.0 Å². The second kappa shape index (κ2) is 6.82. The Hall–Kier alpha value is -0.450. The van der Waals surface area contributed by atoms with Gasteiger partial charge in [-0.1, -0.05) is 28.9 Å². The predicted octanol–water partition coefficient (Wildman–Crippen LogP) is 3.53. The Morgan fingerprint density at radius 2 is 2.32 bits per heavy atom. The van der Waals surface area contributed by atoms with Crippen LogP contribution in [0.2, 0.25) is 0 Å². The van der Waals surface area contributed by atoms with Crippen LogP contribution in [0.25, 0.3) is 0 Å². The standard InChI is InChI=1S/C15H21BrFNO/c1-3-15-12(6-7-19-15)14(18-2)8-10-4-5-11(16)9-13(10)17/h4-5,9,12,14-15,18H,3,6-8H2,1-2H3.